The van der Waals surface area contributed by atoms with Crippen LogP contribution in [0.15, 0.2) is 0 Å². The fourth-order valence-electron chi connectivity index (χ4n) is 3.85. The van der Waals surface area contributed by atoms with Crippen LogP contribution in [-0.4, -0.2) is 29.1 Å². The van der Waals surface area contributed by atoms with Gasteiger partial charge in [-0.25, -0.2) is 0 Å². The van der Waals surface area contributed by atoms with E-state index in [9.17, 15) is 9.90 Å². The van der Waals surface area contributed by atoms with Crippen LogP contribution in [0.4, 0.5) is 0 Å². The number of rotatable bonds is 1. The predicted molar refractivity (Wildman–Crippen MR) is 65.1 cm³/mol. The van der Waals surface area contributed by atoms with E-state index in [0.717, 1.165) is 32.1 Å². The molecule has 3 rings (SSSR count). The van der Waals surface area contributed by atoms with Crippen LogP contribution in [0, 0.1) is 11.8 Å². The zero-order chi connectivity index (χ0) is 12.8. The first-order chi connectivity index (χ1) is 8.60. The highest BCUT2D eigenvalue weighted by atomic mass is 16.8. The van der Waals surface area contributed by atoms with Crippen LogP contribution in [0.5, 0.6) is 0 Å². The zero-order valence-corrected chi connectivity index (χ0v) is 10.9. The van der Waals surface area contributed by atoms with E-state index in [1.165, 1.54) is 6.42 Å². The average molecular weight is 254 g/mol. The van der Waals surface area contributed by atoms with Gasteiger partial charge in [0.1, 0.15) is 0 Å². The predicted octanol–water partition coefficient (Wildman–Crippen LogP) is 2.56. The molecule has 4 nitrogen and oxygen atoms in total. The second-order valence-corrected chi connectivity index (χ2v) is 6.19. The number of carbonyl (C=O) groups is 1. The van der Waals surface area contributed by atoms with E-state index in [0.29, 0.717) is 6.42 Å². The summed E-state index contributed by atoms with van der Waals surface area (Å²) in [4.78, 5) is 11.2. The largest absolute Gasteiger partial charge is 0.481 e. The summed E-state index contributed by atoms with van der Waals surface area (Å²) in [6, 6.07) is 0. The molecule has 0 aromatic carbocycles. The second-order valence-electron chi connectivity index (χ2n) is 6.19. The molecule has 0 aromatic rings. The topological polar surface area (TPSA) is 55.8 Å². The minimum atomic E-state index is -0.687. The standard InChI is InChI=1S/C14H22O4/c1-9-7-10(13(15)16)8-11-12(9)18-14(17-11)5-3-2-4-6-14/h9-12H,2-8H2,1H3,(H,15,16)/t9?,10?,11?,12-/m0/s1. The highest BCUT2D eigenvalue weighted by molar-refractivity contribution is 5.70. The molecular formula is C14H22O4. The lowest BCUT2D eigenvalue weighted by atomic mass is 9.79. The third-order valence-corrected chi connectivity index (χ3v) is 4.78. The summed E-state index contributed by atoms with van der Waals surface area (Å²) < 4.78 is 12.4. The van der Waals surface area contributed by atoms with E-state index in [2.05, 4.69) is 6.92 Å². The molecule has 18 heavy (non-hydrogen) atoms. The number of fused-ring (bicyclic) bond motifs is 1. The molecule has 3 aliphatic rings. The van der Waals surface area contributed by atoms with Gasteiger partial charge in [0.15, 0.2) is 5.79 Å². The van der Waals surface area contributed by atoms with E-state index in [1.807, 2.05) is 0 Å². The fourth-order valence-corrected chi connectivity index (χ4v) is 3.85. The Labute approximate surface area is 108 Å². The maximum atomic E-state index is 11.2. The van der Waals surface area contributed by atoms with Crippen molar-refractivity contribution in [2.24, 2.45) is 11.8 Å². The van der Waals surface area contributed by atoms with Crippen molar-refractivity contribution in [3.8, 4) is 0 Å². The van der Waals surface area contributed by atoms with E-state index >= 15 is 0 Å². The van der Waals surface area contributed by atoms with Crippen LogP contribution in [0.3, 0.4) is 0 Å². The summed E-state index contributed by atoms with van der Waals surface area (Å²) in [5.41, 5.74) is 0. The number of aliphatic carboxylic acids is 1. The molecule has 1 heterocycles. The molecule has 1 N–H and O–H groups in total. The first kappa shape index (κ1) is 12.4. The summed E-state index contributed by atoms with van der Waals surface area (Å²) in [7, 11) is 0. The van der Waals surface area contributed by atoms with Crippen LogP contribution in [0.2, 0.25) is 0 Å². The van der Waals surface area contributed by atoms with Gasteiger partial charge in [0.05, 0.1) is 18.1 Å². The first-order valence-corrected chi connectivity index (χ1v) is 7.18. The number of ether oxygens (including phenoxy) is 2. The van der Waals surface area contributed by atoms with Crippen molar-refractivity contribution in [2.75, 3.05) is 0 Å². The van der Waals surface area contributed by atoms with Crippen molar-refractivity contribution in [3.05, 3.63) is 0 Å². The van der Waals surface area contributed by atoms with Crippen LogP contribution < -0.4 is 0 Å². The summed E-state index contributed by atoms with van der Waals surface area (Å²) in [5.74, 6) is -1.04. The zero-order valence-electron chi connectivity index (χ0n) is 10.9. The lowest BCUT2D eigenvalue weighted by molar-refractivity contribution is -0.195. The Kier molecular flexibility index (Phi) is 3.10. The molecular weight excluding hydrogens is 232 g/mol. The fraction of sp³-hybridized carbons (Fsp3) is 0.929. The Morgan fingerprint density at radius 3 is 2.56 bits per heavy atom. The third kappa shape index (κ3) is 2.05. The highest BCUT2D eigenvalue weighted by Gasteiger charge is 2.52. The quantitative estimate of drug-likeness (QED) is 0.781. The summed E-state index contributed by atoms with van der Waals surface area (Å²) in [6.07, 6.45) is 6.98. The van der Waals surface area contributed by atoms with Gasteiger partial charge in [-0.1, -0.05) is 13.3 Å². The van der Waals surface area contributed by atoms with Gasteiger partial charge in [0.2, 0.25) is 0 Å². The van der Waals surface area contributed by atoms with Crippen molar-refractivity contribution in [1.82, 2.24) is 0 Å². The summed E-state index contributed by atoms with van der Waals surface area (Å²) in [5, 5.41) is 9.18. The van der Waals surface area contributed by atoms with Crippen LogP contribution >= 0.6 is 0 Å². The maximum absolute atomic E-state index is 11.2. The van der Waals surface area contributed by atoms with Gasteiger partial charge < -0.3 is 14.6 Å². The monoisotopic (exact) mass is 254 g/mol. The Bertz CT molecular complexity index is 335. The molecule has 2 aliphatic carbocycles. The molecule has 4 heteroatoms. The van der Waals surface area contributed by atoms with Gasteiger partial charge in [-0.15, -0.1) is 0 Å². The lowest BCUT2D eigenvalue weighted by Gasteiger charge is -2.32. The molecule has 102 valence electrons. The Balaban J connectivity index is 1.73. The molecule has 2 saturated carbocycles. The number of hydrogen-bond acceptors (Lipinski definition) is 3. The Morgan fingerprint density at radius 1 is 1.17 bits per heavy atom. The minimum Gasteiger partial charge on any atom is -0.481 e. The van der Waals surface area contributed by atoms with Crippen molar-refractivity contribution in [3.63, 3.8) is 0 Å². The first-order valence-electron chi connectivity index (χ1n) is 7.18. The smallest absolute Gasteiger partial charge is 0.306 e. The molecule has 0 radical (unpaired) electrons. The molecule has 1 aliphatic heterocycles. The van der Waals surface area contributed by atoms with Crippen LogP contribution in [0.25, 0.3) is 0 Å². The SMILES string of the molecule is CC1CC(C(=O)O)CC2OC3(CCCCC3)O[C@@H]12. The highest BCUT2D eigenvalue weighted by Crippen LogP contribution is 2.47. The minimum absolute atomic E-state index is 0.00653. The maximum Gasteiger partial charge on any atom is 0.306 e. The van der Waals surface area contributed by atoms with Gasteiger partial charge in [-0.3, -0.25) is 4.79 Å². The number of carboxylic acid groups (broad SMARTS) is 1. The molecule has 0 aromatic heterocycles. The van der Waals surface area contributed by atoms with E-state index in [-0.39, 0.29) is 29.8 Å². The molecule has 1 spiro atoms. The van der Waals surface area contributed by atoms with E-state index in [1.54, 1.807) is 0 Å². The normalized spacial score (nSPS) is 42.7. The van der Waals surface area contributed by atoms with Crippen molar-refractivity contribution in [1.29, 1.82) is 0 Å². The Hall–Kier alpha value is -0.610. The van der Waals surface area contributed by atoms with Crippen LogP contribution in [0.1, 0.15) is 51.9 Å². The summed E-state index contributed by atoms with van der Waals surface area (Å²) in [6.45, 7) is 2.10. The van der Waals surface area contributed by atoms with Gasteiger partial charge in [-0.2, -0.15) is 0 Å². The van der Waals surface area contributed by atoms with E-state index in [4.69, 9.17) is 9.47 Å². The number of carboxylic acids is 1. The summed E-state index contributed by atoms with van der Waals surface area (Å²) >= 11 is 0. The average Bonchev–Trinajstić information content (AvgIpc) is 2.68. The van der Waals surface area contributed by atoms with Gasteiger partial charge in [0.25, 0.3) is 0 Å². The second kappa shape index (κ2) is 4.49. The lowest BCUT2D eigenvalue weighted by Crippen LogP contribution is -2.40. The van der Waals surface area contributed by atoms with Crippen LogP contribution in [-0.2, 0) is 14.3 Å². The van der Waals surface area contributed by atoms with E-state index < -0.39 is 5.97 Å². The van der Waals surface area contributed by atoms with Crippen molar-refractivity contribution in [2.45, 2.75) is 69.9 Å². The van der Waals surface area contributed by atoms with Crippen molar-refractivity contribution < 1.29 is 19.4 Å². The van der Waals surface area contributed by atoms with Gasteiger partial charge in [-0.05, 0) is 31.6 Å². The molecule has 3 unspecified atom stereocenters. The molecule has 0 amide bonds. The molecule has 0 bridgehead atoms. The number of hydrogen-bond donors (Lipinski definition) is 1. The van der Waals surface area contributed by atoms with Gasteiger partial charge in [0, 0.05) is 12.8 Å². The van der Waals surface area contributed by atoms with Gasteiger partial charge >= 0.3 is 5.97 Å². The Morgan fingerprint density at radius 2 is 1.89 bits per heavy atom. The van der Waals surface area contributed by atoms with Crippen molar-refractivity contribution >= 4 is 5.97 Å². The molecule has 3 fully saturated rings. The molecule has 4 atom stereocenters. The third-order valence-electron chi connectivity index (χ3n) is 4.78. The molecule has 1 saturated heterocycles.